The fourth-order valence-electron chi connectivity index (χ4n) is 2.34. The fraction of sp³-hybridized carbons (Fsp3) is 0.238. The van der Waals surface area contributed by atoms with E-state index in [4.69, 9.17) is 27.9 Å². The van der Waals surface area contributed by atoms with Crippen molar-refractivity contribution in [2.75, 3.05) is 11.9 Å². The summed E-state index contributed by atoms with van der Waals surface area (Å²) in [4.78, 5) is 12.3. The van der Waals surface area contributed by atoms with Gasteiger partial charge in [0.1, 0.15) is 17.4 Å². The molecule has 1 amide bonds. The molecule has 0 unspecified atom stereocenters. The molecule has 0 aromatic heterocycles. The topological polar surface area (TPSA) is 62.1 Å². The normalized spacial score (nSPS) is 11.0. The Morgan fingerprint density at radius 3 is 2.41 bits per heavy atom. The maximum Gasteiger partial charge on any atom is 0.266 e. The number of carbonyl (C=O) groups is 1. The molecule has 4 nitrogen and oxygen atoms in total. The number of rotatable bonds is 8. The quantitative estimate of drug-likeness (QED) is 0.329. The second-order valence-electron chi connectivity index (χ2n) is 5.91. The number of carbonyl (C=O) groups excluding carboxylic acids is 1. The van der Waals surface area contributed by atoms with Gasteiger partial charge in [-0.2, -0.15) is 5.26 Å². The zero-order valence-electron chi connectivity index (χ0n) is 15.0. The van der Waals surface area contributed by atoms with Crippen LogP contribution in [0.1, 0.15) is 31.7 Å². The maximum absolute atomic E-state index is 12.3. The van der Waals surface area contributed by atoms with E-state index < -0.39 is 5.91 Å². The zero-order valence-corrected chi connectivity index (χ0v) is 16.5. The van der Waals surface area contributed by atoms with E-state index >= 15 is 0 Å². The molecule has 0 fully saturated rings. The number of ether oxygens (including phenoxy) is 1. The minimum absolute atomic E-state index is 0.0253. The van der Waals surface area contributed by atoms with Gasteiger partial charge in [-0.05, 0) is 48.4 Å². The molecule has 0 heterocycles. The van der Waals surface area contributed by atoms with Crippen molar-refractivity contribution in [2.24, 2.45) is 0 Å². The third-order valence-corrected chi connectivity index (χ3v) is 4.13. The maximum atomic E-state index is 12.3. The molecule has 140 valence electrons. The highest BCUT2D eigenvalue weighted by atomic mass is 35.5. The van der Waals surface area contributed by atoms with Gasteiger partial charge in [0.05, 0.1) is 6.61 Å². The van der Waals surface area contributed by atoms with E-state index in [0.717, 1.165) is 30.6 Å². The fourth-order valence-corrected chi connectivity index (χ4v) is 2.87. The van der Waals surface area contributed by atoms with Crippen molar-refractivity contribution in [3.05, 3.63) is 63.6 Å². The first kappa shape index (κ1) is 20.8. The lowest BCUT2D eigenvalue weighted by Crippen LogP contribution is -2.13. The predicted octanol–water partition coefficient (Wildman–Crippen LogP) is 6.11. The standard InChI is InChI=1S/C21H20Cl2N2O2/c1-2-3-4-9-27-20-7-5-15(6-8-20)10-16(14-24)21(26)25-19-12-17(22)11-18(23)13-19/h5-8,10-13H,2-4,9H2,1H3,(H,25,26)/b16-10+. The van der Waals surface area contributed by atoms with E-state index in [0.29, 0.717) is 22.3 Å². The predicted molar refractivity (Wildman–Crippen MR) is 110 cm³/mol. The first-order valence-corrected chi connectivity index (χ1v) is 9.39. The molecule has 2 rings (SSSR count). The smallest absolute Gasteiger partial charge is 0.266 e. The molecule has 2 aromatic carbocycles. The summed E-state index contributed by atoms with van der Waals surface area (Å²) >= 11 is 11.8. The van der Waals surface area contributed by atoms with E-state index in [-0.39, 0.29) is 5.57 Å². The van der Waals surface area contributed by atoms with Gasteiger partial charge in [0, 0.05) is 15.7 Å². The molecule has 0 aliphatic carbocycles. The first-order chi connectivity index (χ1) is 13.0. The molecule has 6 heteroatoms. The molecule has 0 aliphatic rings. The Balaban J connectivity index is 2.04. The Morgan fingerprint density at radius 1 is 1.15 bits per heavy atom. The van der Waals surface area contributed by atoms with Gasteiger partial charge in [0.25, 0.3) is 5.91 Å². The van der Waals surface area contributed by atoms with Crippen LogP contribution in [0.5, 0.6) is 5.75 Å². The average molecular weight is 403 g/mol. The van der Waals surface area contributed by atoms with Gasteiger partial charge < -0.3 is 10.1 Å². The van der Waals surface area contributed by atoms with Gasteiger partial charge >= 0.3 is 0 Å². The molecular weight excluding hydrogens is 383 g/mol. The lowest BCUT2D eigenvalue weighted by molar-refractivity contribution is -0.112. The molecule has 27 heavy (non-hydrogen) atoms. The number of hydrogen-bond donors (Lipinski definition) is 1. The van der Waals surface area contributed by atoms with E-state index in [2.05, 4.69) is 12.2 Å². The van der Waals surface area contributed by atoms with E-state index in [9.17, 15) is 10.1 Å². The lowest BCUT2D eigenvalue weighted by atomic mass is 10.1. The van der Waals surface area contributed by atoms with Gasteiger partial charge in [0.15, 0.2) is 0 Å². The summed E-state index contributed by atoms with van der Waals surface area (Å²) in [6.07, 6.45) is 4.82. The molecule has 0 atom stereocenters. The molecule has 0 saturated heterocycles. The number of benzene rings is 2. The van der Waals surface area contributed by atoms with Crippen LogP contribution in [0.4, 0.5) is 5.69 Å². The van der Waals surface area contributed by atoms with Crippen molar-refractivity contribution in [1.82, 2.24) is 0 Å². The van der Waals surface area contributed by atoms with Crippen molar-refractivity contribution >= 4 is 40.9 Å². The summed E-state index contributed by atoms with van der Waals surface area (Å²) in [6, 6.07) is 13.8. The van der Waals surface area contributed by atoms with Crippen LogP contribution in [0.15, 0.2) is 48.0 Å². The lowest BCUT2D eigenvalue weighted by Gasteiger charge is -2.07. The molecular formula is C21H20Cl2N2O2. The number of nitrogens with one attached hydrogen (secondary N) is 1. The SMILES string of the molecule is CCCCCOc1ccc(/C=C(\C#N)C(=O)Nc2cc(Cl)cc(Cl)c2)cc1. The van der Waals surface area contributed by atoms with Crippen LogP contribution < -0.4 is 10.1 Å². The number of anilines is 1. The van der Waals surface area contributed by atoms with Crippen LogP contribution >= 0.6 is 23.2 Å². The summed E-state index contributed by atoms with van der Waals surface area (Å²) < 4.78 is 5.65. The summed E-state index contributed by atoms with van der Waals surface area (Å²) in [5.41, 5.74) is 1.13. The Hall–Kier alpha value is -2.48. The van der Waals surface area contributed by atoms with Crippen molar-refractivity contribution in [1.29, 1.82) is 5.26 Å². The highest BCUT2D eigenvalue weighted by Gasteiger charge is 2.10. The molecule has 0 spiro atoms. The molecule has 0 aliphatic heterocycles. The van der Waals surface area contributed by atoms with Crippen LogP contribution in [0.3, 0.4) is 0 Å². The Kier molecular flexibility index (Phi) is 8.19. The minimum atomic E-state index is -0.532. The number of nitrogens with zero attached hydrogens (tertiary/aromatic N) is 1. The summed E-state index contributed by atoms with van der Waals surface area (Å²) in [5, 5.41) is 12.7. The number of nitriles is 1. The largest absolute Gasteiger partial charge is 0.494 e. The highest BCUT2D eigenvalue weighted by molar-refractivity contribution is 6.35. The highest BCUT2D eigenvalue weighted by Crippen LogP contribution is 2.23. The average Bonchev–Trinajstić information content (AvgIpc) is 2.63. The van der Waals surface area contributed by atoms with Crippen molar-refractivity contribution in [3.63, 3.8) is 0 Å². The Bertz CT molecular complexity index is 835. The summed E-state index contributed by atoms with van der Waals surface area (Å²) in [6.45, 7) is 2.82. The molecule has 2 aromatic rings. The van der Waals surface area contributed by atoms with Crippen LogP contribution in [-0.2, 0) is 4.79 Å². The Labute approximate surface area is 169 Å². The van der Waals surface area contributed by atoms with Crippen LogP contribution in [0.2, 0.25) is 10.0 Å². The van der Waals surface area contributed by atoms with Gasteiger partial charge in [-0.3, -0.25) is 4.79 Å². The van der Waals surface area contributed by atoms with Crippen LogP contribution in [0, 0.1) is 11.3 Å². The number of unbranched alkanes of at least 4 members (excludes halogenated alkanes) is 2. The zero-order chi connectivity index (χ0) is 19.6. The van der Waals surface area contributed by atoms with Crippen LogP contribution in [0.25, 0.3) is 6.08 Å². The molecule has 1 N–H and O–H groups in total. The van der Waals surface area contributed by atoms with E-state index in [1.807, 2.05) is 18.2 Å². The summed E-state index contributed by atoms with van der Waals surface area (Å²) in [7, 11) is 0. The minimum Gasteiger partial charge on any atom is -0.494 e. The molecule has 0 bridgehead atoms. The van der Waals surface area contributed by atoms with E-state index in [1.165, 1.54) is 6.08 Å². The van der Waals surface area contributed by atoms with Gasteiger partial charge in [-0.25, -0.2) is 0 Å². The van der Waals surface area contributed by atoms with Gasteiger partial charge in [-0.15, -0.1) is 0 Å². The summed E-state index contributed by atoms with van der Waals surface area (Å²) in [5.74, 6) is 0.232. The third-order valence-electron chi connectivity index (χ3n) is 3.69. The first-order valence-electron chi connectivity index (χ1n) is 8.64. The molecule has 0 saturated carbocycles. The van der Waals surface area contributed by atoms with Crippen LogP contribution in [-0.4, -0.2) is 12.5 Å². The van der Waals surface area contributed by atoms with Crippen molar-refractivity contribution < 1.29 is 9.53 Å². The molecule has 0 radical (unpaired) electrons. The number of amides is 1. The third kappa shape index (κ3) is 6.97. The van der Waals surface area contributed by atoms with Crippen molar-refractivity contribution in [2.45, 2.75) is 26.2 Å². The Morgan fingerprint density at radius 2 is 1.81 bits per heavy atom. The second-order valence-corrected chi connectivity index (χ2v) is 6.78. The second kappa shape index (κ2) is 10.6. The van der Waals surface area contributed by atoms with Gasteiger partial charge in [-0.1, -0.05) is 55.1 Å². The van der Waals surface area contributed by atoms with E-state index in [1.54, 1.807) is 30.3 Å². The number of halogens is 2. The monoisotopic (exact) mass is 402 g/mol. The van der Waals surface area contributed by atoms with Gasteiger partial charge in [0.2, 0.25) is 0 Å². The number of hydrogen-bond acceptors (Lipinski definition) is 3. The van der Waals surface area contributed by atoms with Crippen molar-refractivity contribution in [3.8, 4) is 11.8 Å².